The second-order valence-electron chi connectivity index (χ2n) is 4.25. The lowest BCUT2D eigenvalue weighted by Crippen LogP contribution is -2.14. The van der Waals surface area contributed by atoms with Gasteiger partial charge in [0.15, 0.2) is 11.3 Å². The molecule has 1 aromatic carbocycles. The van der Waals surface area contributed by atoms with E-state index in [0.29, 0.717) is 11.4 Å². The SMILES string of the molecule is COc1cccc(-n2c(=O)[nH]c3c(C(N)=O)ncnc32)c1. The predicted octanol–water partition coefficient (Wildman–Crippen LogP) is 0.216. The second kappa shape index (κ2) is 4.75. The standard InChI is InChI=1S/C13H11N5O3/c1-21-8-4-2-3-7(5-8)18-12-10(17-13(18)20)9(11(14)19)15-6-16-12/h2-6H,1H3,(H2,14,19)(H,17,20). The molecule has 8 nitrogen and oxygen atoms in total. The number of methoxy groups -OCH3 is 1. The highest BCUT2D eigenvalue weighted by molar-refractivity contribution is 6.01. The first-order chi connectivity index (χ1) is 10.1. The Bertz CT molecular complexity index is 896. The molecule has 0 spiro atoms. The van der Waals surface area contributed by atoms with E-state index < -0.39 is 11.6 Å². The smallest absolute Gasteiger partial charge is 0.332 e. The third-order valence-electron chi connectivity index (χ3n) is 3.02. The van der Waals surface area contributed by atoms with Gasteiger partial charge in [0.05, 0.1) is 12.8 Å². The molecule has 3 rings (SSSR count). The van der Waals surface area contributed by atoms with Crippen LogP contribution in [0.25, 0.3) is 16.9 Å². The maximum atomic E-state index is 12.2. The molecule has 0 aliphatic rings. The molecule has 2 heterocycles. The number of primary amides is 1. The minimum absolute atomic E-state index is 0.0289. The monoisotopic (exact) mass is 285 g/mol. The first kappa shape index (κ1) is 12.9. The molecule has 0 aliphatic carbocycles. The summed E-state index contributed by atoms with van der Waals surface area (Å²) in [5, 5.41) is 0. The van der Waals surface area contributed by atoms with Gasteiger partial charge in [0.2, 0.25) is 0 Å². The van der Waals surface area contributed by atoms with Crippen LogP contribution in [0.2, 0.25) is 0 Å². The van der Waals surface area contributed by atoms with Crippen LogP contribution in [0.1, 0.15) is 10.5 Å². The fourth-order valence-corrected chi connectivity index (χ4v) is 2.10. The van der Waals surface area contributed by atoms with Crippen molar-refractivity contribution in [1.29, 1.82) is 0 Å². The second-order valence-corrected chi connectivity index (χ2v) is 4.25. The molecule has 0 unspecified atom stereocenters. The number of nitrogens with two attached hydrogens (primary N) is 1. The molecule has 3 N–H and O–H groups in total. The molecule has 1 amide bonds. The highest BCUT2D eigenvalue weighted by Crippen LogP contribution is 2.19. The summed E-state index contributed by atoms with van der Waals surface area (Å²) in [7, 11) is 1.53. The van der Waals surface area contributed by atoms with Gasteiger partial charge in [-0.1, -0.05) is 6.07 Å². The molecule has 0 bridgehead atoms. The maximum absolute atomic E-state index is 12.2. The summed E-state index contributed by atoms with van der Waals surface area (Å²) in [6.45, 7) is 0. The lowest BCUT2D eigenvalue weighted by Gasteiger charge is -2.05. The van der Waals surface area contributed by atoms with Crippen LogP contribution in [0, 0.1) is 0 Å². The first-order valence-electron chi connectivity index (χ1n) is 6.02. The Hall–Kier alpha value is -3.16. The number of aromatic nitrogens is 4. The van der Waals surface area contributed by atoms with Crippen LogP contribution >= 0.6 is 0 Å². The molecule has 2 aromatic heterocycles. The number of carbonyl (C=O) groups is 1. The number of imidazole rings is 1. The maximum Gasteiger partial charge on any atom is 0.332 e. The minimum atomic E-state index is -0.735. The van der Waals surface area contributed by atoms with Crippen molar-refractivity contribution in [3.05, 3.63) is 46.8 Å². The van der Waals surface area contributed by atoms with Crippen LogP contribution in [-0.2, 0) is 0 Å². The number of hydrogen-bond acceptors (Lipinski definition) is 5. The zero-order valence-electron chi connectivity index (χ0n) is 11.0. The number of carbonyl (C=O) groups excluding carboxylic acids is 1. The molecule has 0 saturated heterocycles. The number of aromatic amines is 1. The summed E-state index contributed by atoms with van der Waals surface area (Å²) in [4.78, 5) is 33.9. The molecular weight excluding hydrogens is 274 g/mol. The zero-order valence-corrected chi connectivity index (χ0v) is 11.0. The van der Waals surface area contributed by atoms with Crippen molar-refractivity contribution in [1.82, 2.24) is 19.5 Å². The summed E-state index contributed by atoms with van der Waals surface area (Å²) in [5.74, 6) is -0.139. The van der Waals surface area contributed by atoms with E-state index in [-0.39, 0.29) is 16.9 Å². The molecule has 0 fully saturated rings. The van der Waals surface area contributed by atoms with E-state index in [1.54, 1.807) is 24.3 Å². The third kappa shape index (κ3) is 2.02. The topological polar surface area (TPSA) is 116 Å². The average Bonchev–Trinajstić information content (AvgIpc) is 2.82. The first-order valence-corrected chi connectivity index (χ1v) is 6.02. The Kier molecular flexibility index (Phi) is 2.90. The number of H-pyrrole nitrogens is 1. The van der Waals surface area contributed by atoms with E-state index in [4.69, 9.17) is 10.5 Å². The van der Waals surface area contributed by atoms with Crippen molar-refractivity contribution in [3.63, 3.8) is 0 Å². The highest BCUT2D eigenvalue weighted by Gasteiger charge is 2.17. The Labute approximate surface area is 118 Å². The fraction of sp³-hybridized carbons (Fsp3) is 0.0769. The van der Waals surface area contributed by atoms with Crippen molar-refractivity contribution in [3.8, 4) is 11.4 Å². The number of fused-ring (bicyclic) bond motifs is 1. The van der Waals surface area contributed by atoms with Gasteiger partial charge in [-0.25, -0.2) is 19.3 Å². The lowest BCUT2D eigenvalue weighted by molar-refractivity contribution is 0.0997. The number of nitrogens with zero attached hydrogens (tertiary/aromatic N) is 3. The molecule has 106 valence electrons. The Morgan fingerprint density at radius 3 is 2.90 bits per heavy atom. The van der Waals surface area contributed by atoms with E-state index >= 15 is 0 Å². The van der Waals surface area contributed by atoms with Crippen molar-refractivity contribution in [2.24, 2.45) is 5.73 Å². The Morgan fingerprint density at radius 2 is 2.19 bits per heavy atom. The summed E-state index contributed by atoms with van der Waals surface area (Å²) < 4.78 is 6.46. The van der Waals surface area contributed by atoms with E-state index in [0.717, 1.165) is 0 Å². The quantitative estimate of drug-likeness (QED) is 0.714. The van der Waals surface area contributed by atoms with Gasteiger partial charge in [-0.05, 0) is 12.1 Å². The van der Waals surface area contributed by atoms with E-state index in [2.05, 4.69) is 15.0 Å². The molecule has 0 radical (unpaired) electrons. The van der Waals surface area contributed by atoms with Crippen LogP contribution in [0.15, 0.2) is 35.4 Å². The summed E-state index contributed by atoms with van der Waals surface area (Å²) in [6, 6.07) is 6.91. The number of ether oxygens (including phenoxy) is 1. The minimum Gasteiger partial charge on any atom is -0.497 e. The van der Waals surface area contributed by atoms with Crippen LogP contribution < -0.4 is 16.2 Å². The highest BCUT2D eigenvalue weighted by atomic mass is 16.5. The largest absolute Gasteiger partial charge is 0.497 e. The van der Waals surface area contributed by atoms with Crippen LogP contribution in [0.4, 0.5) is 0 Å². The Morgan fingerprint density at radius 1 is 1.38 bits per heavy atom. The molecule has 0 aliphatic heterocycles. The fourth-order valence-electron chi connectivity index (χ4n) is 2.10. The van der Waals surface area contributed by atoms with Crippen molar-refractivity contribution < 1.29 is 9.53 Å². The lowest BCUT2D eigenvalue weighted by atomic mass is 10.3. The van der Waals surface area contributed by atoms with Crippen LogP contribution in [-0.4, -0.2) is 32.5 Å². The van der Waals surface area contributed by atoms with Gasteiger partial charge in [0, 0.05) is 6.07 Å². The molecule has 0 atom stereocenters. The van der Waals surface area contributed by atoms with Gasteiger partial charge in [-0.3, -0.25) is 4.79 Å². The third-order valence-corrected chi connectivity index (χ3v) is 3.02. The van der Waals surface area contributed by atoms with E-state index in [1.807, 2.05) is 0 Å². The summed E-state index contributed by atoms with van der Waals surface area (Å²) in [5.41, 5.74) is 5.81. The van der Waals surface area contributed by atoms with Gasteiger partial charge >= 0.3 is 5.69 Å². The van der Waals surface area contributed by atoms with Gasteiger partial charge < -0.3 is 15.5 Å². The van der Waals surface area contributed by atoms with E-state index in [9.17, 15) is 9.59 Å². The molecule has 3 aromatic rings. The van der Waals surface area contributed by atoms with Gasteiger partial charge in [0.1, 0.15) is 17.6 Å². The molecular formula is C13H11N5O3. The number of nitrogens with one attached hydrogen (secondary N) is 1. The predicted molar refractivity (Wildman–Crippen MR) is 74.6 cm³/mol. The van der Waals surface area contributed by atoms with Gasteiger partial charge in [0.25, 0.3) is 5.91 Å². The number of hydrogen-bond donors (Lipinski definition) is 2. The van der Waals surface area contributed by atoms with Crippen LogP contribution in [0.5, 0.6) is 5.75 Å². The number of benzene rings is 1. The van der Waals surface area contributed by atoms with Crippen molar-refractivity contribution in [2.75, 3.05) is 7.11 Å². The van der Waals surface area contributed by atoms with Crippen molar-refractivity contribution in [2.45, 2.75) is 0 Å². The molecule has 8 heteroatoms. The normalized spacial score (nSPS) is 10.7. The van der Waals surface area contributed by atoms with Crippen molar-refractivity contribution >= 4 is 17.1 Å². The number of amides is 1. The zero-order chi connectivity index (χ0) is 15.0. The summed E-state index contributed by atoms with van der Waals surface area (Å²) >= 11 is 0. The Balaban J connectivity index is 2.33. The molecule has 21 heavy (non-hydrogen) atoms. The average molecular weight is 285 g/mol. The number of rotatable bonds is 3. The van der Waals surface area contributed by atoms with Crippen LogP contribution in [0.3, 0.4) is 0 Å². The van der Waals surface area contributed by atoms with Gasteiger partial charge in [-0.2, -0.15) is 0 Å². The van der Waals surface area contributed by atoms with E-state index in [1.165, 1.54) is 18.0 Å². The summed E-state index contributed by atoms with van der Waals surface area (Å²) in [6.07, 6.45) is 1.19. The van der Waals surface area contributed by atoms with Gasteiger partial charge in [-0.15, -0.1) is 0 Å². The molecule has 0 saturated carbocycles.